The number of rotatable bonds is 3. The van der Waals surface area contributed by atoms with E-state index in [1.807, 2.05) is 20.8 Å². The van der Waals surface area contributed by atoms with Crippen molar-refractivity contribution in [2.24, 2.45) is 0 Å². The minimum atomic E-state index is -1.72. The minimum Gasteiger partial charge on any atom is -0.549 e. The molecule has 0 N–H and O–H groups in total. The second-order valence-electron chi connectivity index (χ2n) is 4.94. The van der Waals surface area contributed by atoms with Crippen LogP contribution in [0.15, 0.2) is 24.3 Å². The molecule has 92 valence electrons. The summed E-state index contributed by atoms with van der Waals surface area (Å²) in [6, 6.07) is 6.40. The largest absolute Gasteiger partial charge is 1.00 e. The van der Waals surface area contributed by atoms with E-state index >= 15 is 0 Å². The Morgan fingerprint density at radius 1 is 1.00 bits per heavy atom. The maximum absolute atomic E-state index is 10.7. The van der Waals surface area contributed by atoms with Crippen LogP contribution in [0.3, 0.4) is 0 Å². The predicted octanol–water partition coefficient (Wildman–Crippen LogP) is -6.42. The number of carboxylic acid groups (broad SMARTS) is 2. The van der Waals surface area contributed by atoms with Crippen molar-refractivity contribution in [2.45, 2.75) is 32.1 Å². The molecule has 0 spiro atoms. The second kappa shape index (κ2) is 8.95. The number of benzene rings is 1. The summed E-state index contributed by atoms with van der Waals surface area (Å²) in [5.41, 5.74) is 1.09. The van der Waals surface area contributed by atoms with Crippen LogP contribution in [0.1, 0.15) is 37.8 Å². The normalized spacial score (nSPS) is 10.3. The SMILES string of the molecule is CC(C)(C)c1ccc(C(C(=O)[O-])C(=O)[O-])cc1.[K+].[Na+]. The topological polar surface area (TPSA) is 80.3 Å². The van der Waals surface area contributed by atoms with Crippen molar-refractivity contribution in [2.75, 3.05) is 0 Å². The van der Waals surface area contributed by atoms with Gasteiger partial charge in [0.25, 0.3) is 0 Å². The van der Waals surface area contributed by atoms with Crippen LogP contribution in [-0.4, -0.2) is 11.9 Å². The molecule has 0 unspecified atom stereocenters. The molecule has 4 nitrogen and oxygen atoms in total. The summed E-state index contributed by atoms with van der Waals surface area (Å²) >= 11 is 0. The molecule has 1 aromatic rings. The van der Waals surface area contributed by atoms with Crippen molar-refractivity contribution in [3.63, 3.8) is 0 Å². The molecular weight excluding hydrogens is 282 g/mol. The molecule has 0 radical (unpaired) electrons. The molecule has 0 bridgehead atoms. The fourth-order valence-electron chi connectivity index (χ4n) is 1.54. The smallest absolute Gasteiger partial charge is 0.549 e. The van der Waals surface area contributed by atoms with E-state index in [0.29, 0.717) is 0 Å². The third kappa shape index (κ3) is 6.39. The van der Waals surface area contributed by atoms with Gasteiger partial charge in [-0.1, -0.05) is 45.0 Å². The van der Waals surface area contributed by atoms with Crippen molar-refractivity contribution in [1.82, 2.24) is 0 Å². The first kappa shape index (κ1) is 22.1. The summed E-state index contributed by atoms with van der Waals surface area (Å²) in [5.74, 6) is -5.04. The van der Waals surface area contributed by atoms with Crippen molar-refractivity contribution < 1.29 is 101 Å². The Bertz CT molecular complexity index is 423. The number of hydrogen-bond donors (Lipinski definition) is 0. The summed E-state index contributed by atoms with van der Waals surface area (Å²) in [6.45, 7) is 6.03. The van der Waals surface area contributed by atoms with Crippen LogP contribution in [0, 0.1) is 0 Å². The van der Waals surface area contributed by atoms with Crippen LogP contribution in [0.25, 0.3) is 0 Å². The summed E-state index contributed by atoms with van der Waals surface area (Å²) in [5, 5.41) is 21.4. The number of carbonyl (C=O) groups is 2. The maximum Gasteiger partial charge on any atom is 1.00 e. The summed E-state index contributed by atoms with van der Waals surface area (Å²) < 4.78 is 0. The Morgan fingerprint density at radius 3 is 1.63 bits per heavy atom. The molecular formula is C13H14KNaO4. The van der Waals surface area contributed by atoms with Crippen LogP contribution in [0.2, 0.25) is 0 Å². The molecule has 1 aromatic carbocycles. The average molecular weight is 296 g/mol. The van der Waals surface area contributed by atoms with E-state index < -0.39 is 17.9 Å². The first-order chi connectivity index (χ1) is 7.73. The number of aliphatic carboxylic acids is 2. The van der Waals surface area contributed by atoms with E-state index in [-0.39, 0.29) is 91.9 Å². The van der Waals surface area contributed by atoms with Crippen LogP contribution in [-0.2, 0) is 15.0 Å². The first-order valence-corrected chi connectivity index (χ1v) is 5.25. The van der Waals surface area contributed by atoms with E-state index in [9.17, 15) is 19.8 Å². The molecule has 0 amide bonds. The summed E-state index contributed by atoms with van der Waals surface area (Å²) in [4.78, 5) is 21.4. The number of hydrogen-bond acceptors (Lipinski definition) is 4. The Balaban J connectivity index is 0. The van der Waals surface area contributed by atoms with Gasteiger partial charge in [-0.25, -0.2) is 0 Å². The van der Waals surface area contributed by atoms with E-state index in [4.69, 9.17) is 0 Å². The maximum atomic E-state index is 10.7. The monoisotopic (exact) mass is 296 g/mol. The zero-order valence-electron chi connectivity index (χ0n) is 12.0. The number of carboxylic acids is 2. The number of carbonyl (C=O) groups excluding carboxylic acids is 2. The van der Waals surface area contributed by atoms with Crippen LogP contribution >= 0.6 is 0 Å². The molecule has 0 saturated carbocycles. The Labute approximate surface area is 177 Å². The molecule has 0 aliphatic rings. The molecule has 0 aliphatic carbocycles. The molecule has 19 heavy (non-hydrogen) atoms. The summed E-state index contributed by atoms with van der Waals surface area (Å²) in [6.07, 6.45) is 0. The molecule has 0 aromatic heterocycles. The van der Waals surface area contributed by atoms with Gasteiger partial charge in [-0.15, -0.1) is 0 Å². The molecule has 6 heteroatoms. The van der Waals surface area contributed by atoms with Gasteiger partial charge >= 0.3 is 80.9 Å². The fraction of sp³-hybridized carbons (Fsp3) is 0.385. The predicted molar refractivity (Wildman–Crippen MR) is 57.9 cm³/mol. The quantitative estimate of drug-likeness (QED) is 0.410. The van der Waals surface area contributed by atoms with Gasteiger partial charge < -0.3 is 19.8 Å². The van der Waals surface area contributed by atoms with Crippen LogP contribution in [0.5, 0.6) is 0 Å². The van der Waals surface area contributed by atoms with Gasteiger partial charge in [-0.2, -0.15) is 0 Å². The van der Waals surface area contributed by atoms with E-state index in [1.54, 1.807) is 12.1 Å². The zero-order valence-corrected chi connectivity index (χ0v) is 17.1. The third-order valence-corrected chi connectivity index (χ3v) is 2.58. The molecule has 1 rings (SSSR count). The van der Waals surface area contributed by atoms with Gasteiger partial charge in [0.05, 0.1) is 17.9 Å². The fourth-order valence-corrected chi connectivity index (χ4v) is 1.54. The minimum absolute atomic E-state index is 0. The zero-order chi connectivity index (χ0) is 13.2. The van der Waals surface area contributed by atoms with E-state index in [0.717, 1.165) is 5.56 Å². The van der Waals surface area contributed by atoms with Crippen molar-refractivity contribution in [3.8, 4) is 0 Å². The molecule has 0 atom stereocenters. The van der Waals surface area contributed by atoms with Crippen LogP contribution < -0.4 is 91.2 Å². The molecule has 0 heterocycles. The van der Waals surface area contributed by atoms with E-state index in [1.165, 1.54) is 12.1 Å². The van der Waals surface area contributed by atoms with Gasteiger partial charge in [0, 0.05) is 0 Å². The van der Waals surface area contributed by atoms with Crippen LogP contribution in [0.4, 0.5) is 0 Å². The van der Waals surface area contributed by atoms with Gasteiger partial charge in [-0.05, 0) is 16.5 Å². The summed E-state index contributed by atoms with van der Waals surface area (Å²) in [7, 11) is 0. The van der Waals surface area contributed by atoms with Gasteiger partial charge in [-0.3, -0.25) is 0 Å². The van der Waals surface area contributed by atoms with Crippen molar-refractivity contribution >= 4 is 11.9 Å². The average Bonchev–Trinajstić information content (AvgIpc) is 2.15. The second-order valence-corrected chi connectivity index (χ2v) is 4.94. The Hall–Kier alpha value is 0.796. The standard InChI is InChI=1S/C13H16O4.K.Na/c1-13(2,3)9-6-4-8(5-7-9)10(11(14)15)12(16)17;;/h4-7,10H,1-3H3,(H,14,15)(H,16,17);;/q;2*+1/p-2. The molecule has 0 fully saturated rings. The Morgan fingerprint density at radius 2 is 1.37 bits per heavy atom. The van der Waals surface area contributed by atoms with Gasteiger partial charge in [0.1, 0.15) is 0 Å². The Kier molecular flexibility index (Phi) is 10.4. The molecule has 0 saturated heterocycles. The first-order valence-electron chi connectivity index (χ1n) is 5.25. The van der Waals surface area contributed by atoms with Gasteiger partial charge in [0.2, 0.25) is 0 Å². The van der Waals surface area contributed by atoms with Crippen molar-refractivity contribution in [3.05, 3.63) is 35.4 Å². The van der Waals surface area contributed by atoms with Gasteiger partial charge in [0.15, 0.2) is 0 Å². The van der Waals surface area contributed by atoms with Crippen molar-refractivity contribution in [1.29, 1.82) is 0 Å². The van der Waals surface area contributed by atoms with E-state index in [2.05, 4.69) is 0 Å². The third-order valence-electron chi connectivity index (χ3n) is 2.58. The molecule has 0 aliphatic heterocycles.